The van der Waals surface area contributed by atoms with Crippen LogP contribution in [0.4, 0.5) is 0 Å². The fourth-order valence-electron chi connectivity index (χ4n) is 0.710. The summed E-state index contributed by atoms with van der Waals surface area (Å²) in [6.07, 6.45) is 0.845. The number of nitrogens with one attached hydrogen (secondary N) is 1. The van der Waals surface area contributed by atoms with Gasteiger partial charge < -0.3 is 5.73 Å². The molecule has 5 heteroatoms. The second-order valence-corrected chi connectivity index (χ2v) is 2.06. The molecule has 1 saturated heterocycles. The van der Waals surface area contributed by atoms with Crippen molar-refractivity contribution in [3.05, 3.63) is 0 Å². The molecule has 0 unspecified atom stereocenters. The minimum atomic E-state index is -0.484. The van der Waals surface area contributed by atoms with E-state index in [1.165, 1.54) is 0 Å². The Bertz CT molecular complexity index is 160. The molecule has 58 valence electrons. The van der Waals surface area contributed by atoms with E-state index in [1.807, 2.05) is 0 Å². The minimum Gasteiger partial charge on any atom is -0.320 e. The van der Waals surface area contributed by atoms with Gasteiger partial charge in [-0.05, 0) is 6.42 Å². The van der Waals surface area contributed by atoms with Crippen LogP contribution in [-0.2, 0) is 9.59 Å². The summed E-state index contributed by atoms with van der Waals surface area (Å²) in [5.74, 6) is -0.576. The zero-order chi connectivity index (χ0) is 6.85. The van der Waals surface area contributed by atoms with Crippen LogP contribution in [-0.4, -0.2) is 17.9 Å². The first-order valence-electron chi connectivity index (χ1n) is 2.79. The van der Waals surface area contributed by atoms with Gasteiger partial charge in [0.25, 0.3) is 0 Å². The van der Waals surface area contributed by atoms with Crippen LogP contribution in [0.3, 0.4) is 0 Å². The van der Waals surface area contributed by atoms with E-state index in [2.05, 4.69) is 5.32 Å². The van der Waals surface area contributed by atoms with Crippen molar-refractivity contribution in [2.75, 3.05) is 0 Å². The van der Waals surface area contributed by atoms with Gasteiger partial charge >= 0.3 is 0 Å². The van der Waals surface area contributed by atoms with Crippen molar-refractivity contribution in [3.63, 3.8) is 0 Å². The zero-order valence-corrected chi connectivity index (χ0v) is 6.11. The fraction of sp³-hybridized carbons (Fsp3) is 0.600. The van der Waals surface area contributed by atoms with Gasteiger partial charge in [-0.2, -0.15) is 0 Å². The Balaban J connectivity index is 0.000000810. The largest absolute Gasteiger partial charge is 0.320 e. The standard InChI is InChI=1S/C5H8N2O2.ClH/c6-3-1-2-4(8)7-5(3)9;/h3H,1-2,6H2,(H,7,8,9);1H/t3-;/m0./s1. The smallest absolute Gasteiger partial charge is 0.243 e. The van der Waals surface area contributed by atoms with Crippen molar-refractivity contribution in [3.8, 4) is 0 Å². The van der Waals surface area contributed by atoms with Gasteiger partial charge in [0.15, 0.2) is 0 Å². The summed E-state index contributed by atoms with van der Waals surface area (Å²) in [4.78, 5) is 21.0. The average Bonchev–Trinajstić information content (AvgIpc) is 1.80. The van der Waals surface area contributed by atoms with E-state index in [9.17, 15) is 9.59 Å². The predicted octanol–water partition coefficient (Wildman–Crippen LogP) is -0.828. The maximum absolute atomic E-state index is 10.5. The van der Waals surface area contributed by atoms with Crippen LogP contribution in [0.25, 0.3) is 0 Å². The molecule has 0 aliphatic carbocycles. The summed E-state index contributed by atoms with van der Waals surface area (Å²) >= 11 is 0. The van der Waals surface area contributed by atoms with Crippen LogP contribution in [0.15, 0.2) is 0 Å². The van der Waals surface area contributed by atoms with Crippen molar-refractivity contribution >= 4 is 24.2 Å². The summed E-state index contributed by atoms with van der Waals surface area (Å²) in [7, 11) is 0. The van der Waals surface area contributed by atoms with Crippen LogP contribution in [0.2, 0.25) is 0 Å². The molecule has 0 saturated carbocycles. The highest BCUT2D eigenvalue weighted by Gasteiger charge is 2.22. The van der Waals surface area contributed by atoms with Gasteiger partial charge in [0.2, 0.25) is 11.8 Å². The Labute approximate surface area is 64.6 Å². The van der Waals surface area contributed by atoms with Crippen LogP contribution in [0, 0.1) is 0 Å². The Hall–Kier alpha value is -0.610. The SMILES string of the molecule is Cl.N[C@H]1CCC(=O)NC1=O. The van der Waals surface area contributed by atoms with Crippen LogP contribution in [0.5, 0.6) is 0 Å². The lowest BCUT2D eigenvalue weighted by Gasteiger charge is -2.15. The maximum Gasteiger partial charge on any atom is 0.243 e. The normalized spacial score (nSPS) is 25.1. The highest BCUT2D eigenvalue weighted by atomic mass is 35.5. The van der Waals surface area contributed by atoms with Crippen molar-refractivity contribution < 1.29 is 9.59 Å². The van der Waals surface area contributed by atoms with Gasteiger partial charge in [0.1, 0.15) is 0 Å². The molecule has 1 atom stereocenters. The molecule has 2 amide bonds. The highest BCUT2D eigenvalue weighted by Crippen LogP contribution is 2.00. The summed E-state index contributed by atoms with van der Waals surface area (Å²) in [5.41, 5.74) is 5.28. The molecule has 0 radical (unpaired) electrons. The number of amides is 2. The molecule has 1 rings (SSSR count). The monoisotopic (exact) mass is 164 g/mol. The Kier molecular flexibility index (Phi) is 3.32. The number of piperidine rings is 1. The number of imide groups is 1. The summed E-state index contributed by atoms with van der Waals surface area (Å²) < 4.78 is 0. The molecule has 1 heterocycles. The third-order valence-corrected chi connectivity index (χ3v) is 1.28. The third kappa shape index (κ3) is 1.97. The molecule has 0 spiro atoms. The molecule has 3 N–H and O–H groups in total. The summed E-state index contributed by atoms with van der Waals surface area (Å²) in [5, 5.41) is 2.13. The predicted molar refractivity (Wildman–Crippen MR) is 37.6 cm³/mol. The first kappa shape index (κ1) is 9.39. The lowest BCUT2D eigenvalue weighted by molar-refractivity contribution is -0.134. The first-order valence-corrected chi connectivity index (χ1v) is 2.79. The Morgan fingerprint density at radius 2 is 2.10 bits per heavy atom. The Morgan fingerprint density at radius 3 is 2.50 bits per heavy atom. The molecule has 10 heavy (non-hydrogen) atoms. The van der Waals surface area contributed by atoms with Crippen LogP contribution in [0.1, 0.15) is 12.8 Å². The topological polar surface area (TPSA) is 72.2 Å². The molecular formula is C5H9ClN2O2. The van der Waals surface area contributed by atoms with E-state index < -0.39 is 6.04 Å². The number of nitrogens with two attached hydrogens (primary N) is 1. The van der Waals surface area contributed by atoms with Gasteiger partial charge in [-0.1, -0.05) is 0 Å². The fourth-order valence-corrected chi connectivity index (χ4v) is 0.710. The van der Waals surface area contributed by atoms with Crippen molar-refractivity contribution in [2.24, 2.45) is 5.73 Å². The van der Waals surface area contributed by atoms with Gasteiger partial charge in [-0.15, -0.1) is 12.4 Å². The van der Waals surface area contributed by atoms with E-state index in [0.717, 1.165) is 0 Å². The van der Waals surface area contributed by atoms with E-state index in [4.69, 9.17) is 5.73 Å². The molecule has 1 fully saturated rings. The molecular weight excluding hydrogens is 156 g/mol. The number of hydrogen-bond acceptors (Lipinski definition) is 3. The van der Waals surface area contributed by atoms with E-state index in [-0.39, 0.29) is 24.2 Å². The van der Waals surface area contributed by atoms with Crippen molar-refractivity contribution in [2.45, 2.75) is 18.9 Å². The van der Waals surface area contributed by atoms with Gasteiger partial charge in [-0.3, -0.25) is 14.9 Å². The maximum atomic E-state index is 10.5. The number of carbonyl (C=O) groups excluding carboxylic acids is 2. The van der Waals surface area contributed by atoms with E-state index >= 15 is 0 Å². The second-order valence-electron chi connectivity index (χ2n) is 2.06. The molecule has 1 aliphatic heterocycles. The first-order chi connectivity index (χ1) is 4.20. The van der Waals surface area contributed by atoms with Gasteiger partial charge in [0, 0.05) is 6.42 Å². The molecule has 0 aromatic carbocycles. The van der Waals surface area contributed by atoms with Gasteiger partial charge in [0.05, 0.1) is 6.04 Å². The van der Waals surface area contributed by atoms with E-state index in [1.54, 1.807) is 0 Å². The summed E-state index contributed by atoms with van der Waals surface area (Å²) in [6, 6.07) is -0.484. The number of hydrogen-bond donors (Lipinski definition) is 2. The number of rotatable bonds is 0. The van der Waals surface area contributed by atoms with Gasteiger partial charge in [-0.25, -0.2) is 0 Å². The molecule has 0 aromatic heterocycles. The molecule has 0 bridgehead atoms. The lowest BCUT2D eigenvalue weighted by Crippen LogP contribution is -2.48. The third-order valence-electron chi connectivity index (χ3n) is 1.28. The zero-order valence-electron chi connectivity index (χ0n) is 5.29. The quantitative estimate of drug-likeness (QED) is 0.459. The van der Waals surface area contributed by atoms with Crippen LogP contribution >= 0.6 is 12.4 Å². The minimum absolute atomic E-state index is 0. The lowest BCUT2D eigenvalue weighted by atomic mass is 10.1. The second kappa shape index (κ2) is 3.53. The highest BCUT2D eigenvalue weighted by molar-refractivity contribution is 6.00. The number of halogens is 1. The average molecular weight is 165 g/mol. The van der Waals surface area contributed by atoms with E-state index in [0.29, 0.717) is 12.8 Å². The van der Waals surface area contributed by atoms with Crippen molar-refractivity contribution in [1.82, 2.24) is 5.32 Å². The van der Waals surface area contributed by atoms with Crippen LogP contribution < -0.4 is 11.1 Å². The molecule has 1 aliphatic rings. The molecule has 0 aromatic rings. The molecule has 4 nitrogen and oxygen atoms in total. The Morgan fingerprint density at radius 1 is 1.50 bits per heavy atom. The van der Waals surface area contributed by atoms with Crippen molar-refractivity contribution in [1.29, 1.82) is 0 Å². The summed E-state index contributed by atoms with van der Waals surface area (Å²) in [6.45, 7) is 0. The number of carbonyl (C=O) groups is 2.